The van der Waals surface area contributed by atoms with Crippen molar-refractivity contribution in [3.8, 4) is 16.8 Å². The van der Waals surface area contributed by atoms with Crippen LogP contribution < -0.4 is 5.69 Å². The molecule has 2 aliphatic carbocycles. The van der Waals surface area contributed by atoms with Gasteiger partial charge in [-0.1, -0.05) is 24.3 Å². The first-order chi connectivity index (χ1) is 16.5. The number of hydrogen-bond acceptors (Lipinski definition) is 4. The molecule has 2 aromatic carbocycles. The van der Waals surface area contributed by atoms with Crippen LogP contribution in [0.2, 0.25) is 0 Å². The number of carbonyl (C=O) groups is 2. The molecule has 1 saturated carbocycles. The molecule has 1 atom stereocenters. The third-order valence-electron chi connectivity index (χ3n) is 7.26. The van der Waals surface area contributed by atoms with Crippen molar-refractivity contribution in [3.05, 3.63) is 70.2 Å². The molecular formula is C26H25FN4O3. The number of Topliss-reactive ketones (excluding diaryl/α,β-unsaturated/α-hetero) is 1. The third-order valence-corrected chi connectivity index (χ3v) is 7.26. The zero-order valence-corrected chi connectivity index (χ0v) is 18.7. The molecule has 2 fully saturated rings. The summed E-state index contributed by atoms with van der Waals surface area (Å²) in [6, 6.07) is 10.4. The lowest BCUT2D eigenvalue weighted by Gasteiger charge is -2.16. The summed E-state index contributed by atoms with van der Waals surface area (Å²) in [6.07, 6.45) is 5.40. The molecular weight excluding hydrogens is 435 g/mol. The average molecular weight is 461 g/mol. The molecule has 1 aromatic heterocycles. The Morgan fingerprint density at radius 3 is 2.62 bits per heavy atom. The first-order valence-electron chi connectivity index (χ1n) is 11.9. The molecule has 1 saturated heterocycles. The standard InChI is InChI=1S/C26H25FN4O3/c27-22-12-19(18-3-6-21-20(11-18)5-8-24(21)32)4-7-23(22)30-15-28-31(26(30)34)14-16-9-10-29(13-16)25(33)17-1-2-17/h3-4,6-7,11-12,15-17H,1-2,5,8-10,13-14H2/t16-/m0/s1. The highest BCUT2D eigenvalue weighted by molar-refractivity contribution is 6.01. The molecule has 0 N–H and O–H groups in total. The topological polar surface area (TPSA) is 77.2 Å². The lowest BCUT2D eigenvalue weighted by atomic mass is 10.00. The van der Waals surface area contributed by atoms with Crippen molar-refractivity contribution in [2.45, 2.75) is 38.6 Å². The predicted octanol–water partition coefficient (Wildman–Crippen LogP) is 3.23. The minimum absolute atomic E-state index is 0.147. The minimum Gasteiger partial charge on any atom is -0.342 e. The Kier molecular flexibility index (Phi) is 4.97. The lowest BCUT2D eigenvalue weighted by Crippen LogP contribution is -2.32. The van der Waals surface area contributed by atoms with E-state index in [1.54, 1.807) is 12.1 Å². The molecule has 0 radical (unpaired) electrons. The van der Waals surface area contributed by atoms with E-state index in [4.69, 9.17) is 0 Å². The second kappa shape index (κ2) is 8.04. The van der Waals surface area contributed by atoms with Crippen molar-refractivity contribution in [1.82, 2.24) is 19.2 Å². The largest absolute Gasteiger partial charge is 0.350 e. The number of fused-ring (bicyclic) bond motifs is 1. The third kappa shape index (κ3) is 3.67. The summed E-state index contributed by atoms with van der Waals surface area (Å²) in [5.74, 6) is 0.239. The van der Waals surface area contributed by atoms with Crippen LogP contribution in [0.15, 0.2) is 47.5 Å². The molecule has 34 heavy (non-hydrogen) atoms. The summed E-state index contributed by atoms with van der Waals surface area (Å²) in [5.41, 5.74) is 3.03. The molecule has 6 rings (SSSR count). The number of rotatable bonds is 5. The van der Waals surface area contributed by atoms with Crippen molar-refractivity contribution in [3.63, 3.8) is 0 Å². The fourth-order valence-electron chi connectivity index (χ4n) is 5.16. The van der Waals surface area contributed by atoms with Crippen molar-refractivity contribution >= 4 is 11.7 Å². The van der Waals surface area contributed by atoms with E-state index < -0.39 is 11.5 Å². The van der Waals surface area contributed by atoms with Crippen LogP contribution in [0.1, 0.15) is 41.6 Å². The van der Waals surface area contributed by atoms with Gasteiger partial charge in [-0.25, -0.2) is 18.4 Å². The Bertz CT molecular complexity index is 1370. The predicted molar refractivity (Wildman–Crippen MR) is 123 cm³/mol. The van der Waals surface area contributed by atoms with Crippen LogP contribution in [0.4, 0.5) is 4.39 Å². The van der Waals surface area contributed by atoms with E-state index in [-0.39, 0.29) is 29.2 Å². The molecule has 8 heteroatoms. The van der Waals surface area contributed by atoms with E-state index >= 15 is 4.39 Å². The van der Waals surface area contributed by atoms with Crippen LogP contribution in [-0.2, 0) is 17.8 Å². The molecule has 0 spiro atoms. The van der Waals surface area contributed by atoms with E-state index in [2.05, 4.69) is 5.10 Å². The number of carbonyl (C=O) groups excluding carboxylic acids is 2. The van der Waals surface area contributed by atoms with E-state index in [1.807, 2.05) is 23.1 Å². The van der Waals surface area contributed by atoms with Crippen molar-refractivity contribution in [2.24, 2.45) is 11.8 Å². The SMILES string of the molecule is O=C1CCc2cc(-c3ccc(-n4cnn(C[C@H]5CCN(C(=O)C6CC6)C5)c4=O)c(F)c3)ccc21. The van der Waals surface area contributed by atoms with Gasteiger partial charge in [-0.2, -0.15) is 5.10 Å². The number of aromatic nitrogens is 3. The van der Waals surface area contributed by atoms with Gasteiger partial charge >= 0.3 is 5.69 Å². The lowest BCUT2D eigenvalue weighted by molar-refractivity contribution is -0.131. The highest BCUT2D eigenvalue weighted by Crippen LogP contribution is 2.33. The fourth-order valence-corrected chi connectivity index (χ4v) is 5.16. The summed E-state index contributed by atoms with van der Waals surface area (Å²) in [7, 11) is 0. The molecule has 1 amide bonds. The number of nitrogens with zero attached hydrogens (tertiary/aromatic N) is 4. The van der Waals surface area contributed by atoms with Gasteiger partial charge in [0.25, 0.3) is 0 Å². The summed E-state index contributed by atoms with van der Waals surface area (Å²) in [4.78, 5) is 39.0. The van der Waals surface area contributed by atoms with Crippen LogP contribution >= 0.6 is 0 Å². The Morgan fingerprint density at radius 2 is 1.82 bits per heavy atom. The molecule has 0 unspecified atom stereocenters. The number of hydrogen-bond donors (Lipinski definition) is 0. The molecule has 3 aliphatic rings. The summed E-state index contributed by atoms with van der Waals surface area (Å²) in [6.45, 7) is 1.78. The highest BCUT2D eigenvalue weighted by atomic mass is 19.1. The summed E-state index contributed by atoms with van der Waals surface area (Å²) in [5, 5.41) is 4.21. The number of aryl methyl sites for hydroxylation is 1. The van der Waals surface area contributed by atoms with Gasteiger partial charge in [-0.15, -0.1) is 0 Å². The van der Waals surface area contributed by atoms with Gasteiger partial charge in [0.05, 0.1) is 12.2 Å². The fraction of sp³-hybridized carbons (Fsp3) is 0.385. The van der Waals surface area contributed by atoms with Crippen LogP contribution in [0.25, 0.3) is 16.8 Å². The van der Waals surface area contributed by atoms with Gasteiger partial charge in [0, 0.05) is 31.0 Å². The monoisotopic (exact) mass is 460 g/mol. The van der Waals surface area contributed by atoms with Gasteiger partial charge in [0.2, 0.25) is 5.91 Å². The average Bonchev–Trinajstić information content (AvgIpc) is 3.33. The van der Waals surface area contributed by atoms with E-state index in [1.165, 1.54) is 21.6 Å². The first kappa shape index (κ1) is 21.0. The van der Waals surface area contributed by atoms with Crippen molar-refractivity contribution < 1.29 is 14.0 Å². The number of likely N-dealkylation sites (tertiary alicyclic amines) is 1. The number of amides is 1. The first-order valence-corrected chi connectivity index (χ1v) is 11.9. The van der Waals surface area contributed by atoms with Crippen LogP contribution in [0, 0.1) is 17.7 Å². The molecule has 2 heterocycles. The van der Waals surface area contributed by atoms with Gasteiger partial charge in [0.15, 0.2) is 5.78 Å². The van der Waals surface area contributed by atoms with E-state index in [0.29, 0.717) is 31.5 Å². The Balaban J connectivity index is 1.20. The zero-order chi connectivity index (χ0) is 23.4. The van der Waals surface area contributed by atoms with E-state index in [9.17, 15) is 14.4 Å². The summed E-state index contributed by atoms with van der Waals surface area (Å²) >= 11 is 0. The number of halogens is 1. The highest BCUT2D eigenvalue weighted by Gasteiger charge is 2.36. The molecule has 0 bridgehead atoms. The molecule has 7 nitrogen and oxygen atoms in total. The van der Waals surface area contributed by atoms with Gasteiger partial charge in [-0.05, 0) is 60.4 Å². The Morgan fingerprint density at radius 1 is 1.03 bits per heavy atom. The van der Waals surface area contributed by atoms with Gasteiger partial charge in [0.1, 0.15) is 12.1 Å². The maximum atomic E-state index is 15.1. The second-order valence-corrected chi connectivity index (χ2v) is 9.64. The maximum Gasteiger partial charge on any atom is 0.350 e. The smallest absolute Gasteiger partial charge is 0.342 e. The summed E-state index contributed by atoms with van der Waals surface area (Å²) < 4.78 is 17.7. The second-order valence-electron chi connectivity index (χ2n) is 9.64. The zero-order valence-electron chi connectivity index (χ0n) is 18.7. The number of ketones is 1. The van der Waals surface area contributed by atoms with Crippen LogP contribution in [0.5, 0.6) is 0 Å². The maximum absolute atomic E-state index is 15.1. The molecule has 3 aromatic rings. The molecule has 1 aliphatic heterocycles. The van der Waals surface area contributed by atoms with Crippen molar-refractivity contribution in [2.75, 3.05) is 13.1 Å². The number of benzene rings is 2. The Hall–Kier alpha value is -3.55. The quantitative estimate of drug-likeness (QED) is 0.586. The minimum atomic E-state index is -0.516. The molecule has 174 valence electrons. The van der Waals surface area contributed by atoms with Gasteiger partial charge < -0.3 is 4.90 Å². The normalized spacial score (nSPS) is 19.6. The van der Waals surface area contributed by atoms with Gasteiger partial charge in [-0.3, -0.25) is 9.59 Å². The van der Waals surface area contributed by atoms with Crippen LogP contribution in [0.3, 0.4) is 0 Å². The Labute approximate surface area is 195 Å². The van der Waals surface area contributed by atoms with E-state index in [0.717, 1.165) is 42.5 Å². The van der Waals surface area contributed by atoms with Crippen molar-refractivity contribution in [1.29, 1.82) is 0 Å². The van der Waals surface area contributed by atoms with Crippen LogP contribution in [-0.4, -0.2) is 44.0 Å².